The van der Waals surface area contributed by atoms with E-state index in [1.165, 1.54) is 18.2 Å². The Bertz CT molecular complexity index is 1240. The Kier molecular flexibility index (Phi) is 8.76. The summed E-state index contributed by atoms with van der Waals surface area (Å²) in [5, 5.41) is 6.65. The fourth-order valence-corrected chi connectivity index (χ4v) is 4.56. The minimum Gasteiger partial charge on any atom is -0.359 e. The third kappa shape index (κ3) is 7.15. The number of amides is 2. The van der Waals surface area contributed by atoms with Crippen molar-refractivity contribution in [2.45, 2.75) is 30.2 Å². The Morgan fingerprint density at radius 1 is 0.882 bits per heavy atom. The van der Waals surface area contributed by atoms with Gasteiger partial charge in [-0.3, -0.25) is 9.59 Å². The van der Waals surface area contributed by atoms with Crippen LogP contribution in [0.2, 0.25) is 0 Å². The molecule has 2 amide bonds. The highest BCUT2D eigenvalue weighted by Crippen LogP contribution is 2.15. The summed E-state index contributed by atoms with van der Waals surface area (Å²) in [5.74, 6) is -0.561. The molecule has 0 bridgehead atoms. The number of carbonyl (C=O) groups excluding carboxylic acids is 2. The van der Waals surface area contributed by atoms with Gasteiger partial charge in [0.15, 0.2) is 9.84 Å². The zero-order valence-electron chi connectivity index (χ0n) is 19.0. The first-order valence-electron chi connectivity index (χ1n) is 11.0. The fraction of sp³-hybridized carbons (Fsp3) is 0.185. The smallest absolute Gasteiger partial charge is 0.252 e. The molecule has 7 heteroatoms. The van der Waals surface area contributed by atoms with Crippen LogP contribution < -0.4 is 10.6 Å². The molecule has 34 heavy (non-hydrogen) atoms. The molecule has 0 aliphatic rings. The van der Waals surface area contributed by atoms with Crippen LogP contribution in [0, 0.1) is 0 Å². The molecular formula is C27H28N2O4S. The zero-order chi connectivity index (χ0) is 24.4. The molecule has 0 aliphatic carbocycles. The summed E-state index contributed by atoms with van der Waals surface area (Å²) in [6.45, 7) is 0. The summed E-state index contributed by atoms with van der Waals surface area (Å²) in [7, 11) is -2.11. The molecule has 0 aromatic heterocycles. The van der Waals surface area contributed by atoms with Crippen molar-refractivity contribution in [1.29, 1.82) is 0 Å². The van der Waals surface area contributed by atoms with Gasteiger partial charge in [-0.25, -0.2) is 8.42 Å². The van der Waals surface area contributed by atoms with E-state index in [1.807, 2.05) is 30.3 Å². The predicted octanol–water partition coefficient (Wildman–Crippen LogP) is 3.69. The molecule has 0 heterocycles. The second-order valence-corrected chi connectivity index (χ2v) is 9.63. The first-order valence-corrected chi connectivity index (χ1v) is 12.6. The van der Waals surface area contributed by atoms with E-state index in [2.05, 4.69) is 10.6 Å². The Labute approximate surface area is 200 Å². The van der Waals surface area contributed by atoms with Crippen LogP contribution in [0.4, 0.5) is 0 Å². The summed E-state index contributed by atoms with van der Waals surface area (Å²) in [6.07, 6.45) is 2.76. The number of benzene rings is 3. The quantitative estimate of drug-likeness (QED) is 0.467. The largest absolute Gasteiger partial charge is 0.359 e. The number of likely N-dealkylation sites (N-methyl/N-ethyl adjacent to an activating group) is 1. The molecule has 0 spiro atoms. The lowest BCUT2D eigenvalue weighted by atomic mass is 10.0. The van der Waals surface area contributed by atoms with Crippen LogP contribution in [0.25, 0.3) is 0 Å². The standard InChI is InChI=1S/C27H28N2O4S/c1-28-26(30)20-22-12-8-9-15-25(22)27(31)29-23(17-16-21-10-4-2-5-11-21)18-19-34(32,33)24-13-6-3-7-14-24/h2-15,18-19,23H,16-17,20H2,1H3,(H,28,30)(H,29,31)/b19-18+/t23-/m0/s1. The third-order valence-electron chi connectivity index (χ3n) is 5.36. The normalized spacial score (nSPS) is 12.3. The van der Waals surface area contributed by atoms with Crippen molar-refractivity contribution in [3.8, 4) is 0 Å². The molecule has 0 saturated heterocycles. The molecule has 2 N–H and O–H groups in total. The maximum atomic E-state index is 13.1. The second kappa shape index (κ2) is 12.0. The summed E-state index contributed by atoms with van der Waals surface area (Å²) >= 11 is 0. The minimum atomic E-state index is -3.65. The van der Waals surface area contributed by atoms with Gasteiger partial charge in [-0.1, -0.05) is 72.8 Å². The number of rotatable bonds is 10. The highest BCUT2D eigenvalue weighted by molar-refractivity contribution is 7.94. The van der Waals surface area contributed by atoms with Crippen molar-refractivity contribution in [2.75, 3.05) is 7.05 Å². The van der Waals surface area contributed by atoms with E-state index in [4.69, 9.17) is 0 Å². The summed E-state index contributed by atoms with van der Waals surface area (Å²) < 4.78 is 25.5. The molecule has 0 aliphatic heterocycles. The van der Waals surface area contributed by atoms with Crippen LogP contribution in [-0.4, -0.2) is 33.3 Å². The lowest BCUT2D eigenvalue weighted by molar-refractivity contribution is -0.119. The van der Waals surface area contributed by atoms with Crippen molar-refractivity contribution < 1.29 is 18.0 Å². The molecule has 0 saturated carbocycles. The van der Waals surface area contributed by atoms with Crippen LogP contribution in [0.5, 0.6) is 0 Å². The molecule has 1 atom stereocenters. The van der Waals surface area contributed by atoms with Gasteiger partial charge in [0, 0.05) is 24.1 Å². The van der Waals surface area contributed by atoms with Crippen molar-refractivity contribution in [3.63, 3.8) is 0 Å². The topological polar surface area (TPSA) is 92.3 Å². The summed E-state index contributed by atoms with van der Waals surface area (Å²) in [4.78, 5) is 25.2. The summed E-state index contributed by atoms with van der Waals surface area (Å²) in [6, 6.07) is 24.3. The Morgan fingerprint density at radius 2 is 1.50 bits per heavy atom. The highest BCUT2D eigenvalue weighted by Gasteiger charge is 2.17. The van der Waals surface area contributed by atoms with Crippen molar-refractivity contribution in [3.05, 3.63) is 113 Å². The van der Waals surface area contributed by atoms with E-state index in [9.17, 15) is 18.0 Å². The first-order chi connectivity index (χ1) is 16.4. The van der Waals surface area contributed by atoms with Crippen LogP contribution in [0.1, 0.15) is 27.9 Å². The molecular weight excluding hydrogens is 448 g/mol. The van der Waals surface area contributed by atoms with Crippen LogP contribution >= 0.6 is 0 Å². The number of aryl methyl sites for hydroxylation is 1. The summed E-state index contributed by atoms with van der Waals surface area (Å²) in [5.41, 5.74) is 2.07. The molecule has 176 valence electrons. The van der Waals surface area contributed by atoms with Gasteiger partial charge < -0.3 is 10.6 Å². The lowest BCUT2D eigenvalue weighted by Gasteiger charge is -2.17. The average molecular weight is 477 g/mol. The number of hydrogen-bond acceptors (Lipinski definition) is 4. The van der Waals surface area contributed by atoms with Crippen LogP contribution in [-0.2, 0) is 27.5 Å². The van der Waals surface area contributed by atoms with E-state index in [-0.39, 0.29) is 23.1 Å². The van der Waals surface area contributed by atoms with Gasteiger partial charge in [0.1, 0.15) is 0 Å². The first kappa shape index (κ1) is 24.9. The number of carbonyl (C=O) groups is 2. The Hall–Kier alpha value is -3.71. The fourth-order valence-electron chi connectivity index (χ4n) is 3.47. The van der Waals surface area contributed by atoms with E-state index >= 15 is 0 Å². The molecule has 6 nitrogen and oxygen atoms in total. The predicted molar refractivity (Wildman–Crippen MR) is 133 cm³/mol. The number of sulfone groups is 1. The van der Waals surface area contributed by atoms with Crippen LogP contribution in [0.15, 0.2) is 101 Å². The van der Waals surface area contributed by atoms with E-state index < -0.39 is 15.9 Å². The van der Waals surface area contributed by atoms with Gasteiger partial charge >= 0.3 is 0 Å². The van der Waals surface area contributed by atoms with Gasteiger partial charge in [0.2, 0.25) is 5.91 Å². The van der Waals surface area contributed by atoms with E-state index in [1.54, 1.807) is 49.5 Å². The number of hydrogen-bond donors (Lipinski definition) is 2. The van der Waals surface area contributed by atoms with Gasteiger partial charge in [0.05, 0.1) is 11.3 Å². The highest BCUT2D eigenvalue weighted by atomic mass is 32.2. The van der Waals surface area contributed by atoms with Gasteiger partial charge in [-0.2, -0.15) is 0 Å². The molecule has 0 fully saturated rings. The Morgan fingerprint density at radius 3 is 2.18 bits per heavy atom. The average Bonchev–Trinajstić information content (AvgIpc) is 2.87. The van der Waals surface area contributed by atoms with E-state index in [0.29, 0.717) is 24.0 Å². The van der Waals surface area contributed by atoms with E-state index in [0.717, 1.165) is 11.0 Å². The van der Waals surface area contributed by atoms with Gasteiger partial charge in [0.25, 0.3) is 5.91 Å². The van der Waals surface area contributed by atoms with Crippen molar-refractivity contribution in [2.24, 2.45) is 0 Å². The maximum Gasteiger partial charge on any atom is 0.252 e. The lowest BCUT2D eigenvalue weighted by Crippen LogP contribution is -2.35. The molecule has 3 aromatic carbocycles. The molecule has 3 rings (SSSR count). The SMILES string of the molecule is CNC(=O)Cc1ccccc1C(=O)N[C@H](/C=C/S(=O)(=O)c1ccccc1)CCc1ccccc1. The monoisotopic (exact) mass is 476 g/mol. The second-order valence-electron chi connectivity index (χ2n) is 7.80. The minimum absolute atomic E-state index is 0.0764. The van der Waals surface area contributed by atoms with Crippen molar-refractivity contribution >= 4 is 21.7 Å². The van der Waals surface area contributed by atoms with Gasteiger partial charge in [-0.05, 0) is 42.2 Å². The molecule has 3 aromatic rings. The Balaban J connectivity index is 1.82. The van der Waals surface area contributed by atoms with Crippen molar-refractivity contribution in [1.82, 2.24) is 10.6 Å². The third-order valence-corrected chi connectivity index (χ3v) is 6.80. The van der Waals surface area contributed by atoms with Gasteiger partial charge in [-0.15, -0.1) is 0 Å². The van der Waals surface area contributed by atoms with Crippen LogP contribution in [0.3, 0.4) is 0 Å². The zero-order valence-corrected chi connectivity index (χ0v) is 19.8. The molecule has 0 radical (unpaired) electrons. The molecule has 0 unspecified atom stereocenters. The maximum absolute atomic E-state index is 13.1. The number of nitrogens with one attached hydrogen (secondary N) is 2.